The van der Waals surface area contributed by atoms with Crippen molar-refractivity contribution in [2.75, 3.05) is 22.5 Å². The Morgan fingerprint density at radius 2 is 1.64 bits per heavy atom. The maximum atomic E-state index is 12.3. The molecule has 7 heteroatoms. The molecule has 142 valence electrons. The number of benzene rings is 2. The summed E-state index contributed by atoms with van der Waals surface area (Å²) in [6.45, 7) is 2.15. The summed E-state index contributed by atoms with van der Waals surface area (Å²) in [5.41, 5.74) is 2.61. The number of amides is 2. The second-order valence-electron chi connectivity index (χ2n) is 6.17. The lowest BCUT2D eigenvalue weighted by Crippen LogP contribution is -2.15. The van der Waals surface area contributed by atoms with E-state index in [4.69, 9.17) is 0 Å². The molecule has 7 nitrogen and oxygen atoms in total. The second kappa shape index (κ2) is 9.27. The van der Waals surface area contributed by atoms with Gasteiger partial charge in [0.05, 0.1) is 12.4 Å². The van der Waals surface area contributed by atoms with Crippen LogP contribution in [0.5, 0.6) is 0 Å². The fourth-order valence-electron chi connectivity index (χ4n) is 2.59. The summed E-state index contributed by atoms with van der Waals surface area (Å²) in [7, 11) is 0. The molecule has 1 heterocycles. The first-order valence-corrected chi connectivity index (χ1v) is 8.89. The van der Waals surface area contributed by atoms with Gasteiger partial charge in [-0.3, -0.25) is 9.59 Å². The average Bonchev–Trinajstić information content (AvgIpc) is 2.69. The number of nitrogens with zero attached hydrogens (tertiary/aromatic N) is 2. The maximum Gasteiger partial charge on any atom is 0.275 e. The molecule has 2 aromatic carbocycles. The molecule has 0 aliphatic carbocycles. The zero-order valence-corrected chi connectivity index (χ0v) is 15.5. The minimum absolute atomic E-state index is 0.176. The lowest BCUT2D eigenvalue weighted by Gasteiger charge is -2.08. The minimum atomic E-state index is -0.372. The molecule has 28 heavy (non-hydrogen) atoms. The number of anilines is 3. The summed E-state index contributed by atoms with van der Waals surface area (Å²) in [5, 5.41) is 8.60. The highest BCUT2D eigenvalue weighted by molar-refractivity contribution is 6.03. The quantitative estimate of drug-likeness (QED) is 0.589. The van der Waals surface area contributed by atoms with E-state index in [1.807, 2.05) is 18.2 Å². The van der Waals surface area contributed by atoms with Gasteiger partial charge in [0.1, 0.15) is 11.5 Å². The first-order valence-electron chi connectivity index (χ1n) is 8.89. The Kier molecular flexibility index (Phi) is 6.30. The van der Waals surface area contributed by atoms with Crippen LogP contribution in [0.4, 0.5) is 17.2 Å². The Morgan fingerprint density at radius 3 is 2.32 bits per heavy atom. The van der Waals surface area contributed by atoms with Gasteiger partial charge >= 0.3 is 0 Å². The third-order valence-corrected chi connectivity index (χ3v) is 3.89. The number of nitrogens with one attached hydrogen (secondary N) is 3. The fourth-order valence-corrected chi connectivity index (χ4v) is 2.59. The summed E-state index contributed by atoms with van der Waals surface area (Å²) in [6.07, 6.45) is 3.83. The molecule has 0 atom stereocenters. The zero-order valence-electron chi connectivity index (χ0n) is 15.5. The Bertz CT molecular complexity index is 943. The monoisotopic (exact) mass is 375 g/mol. The van der Waals surface area contributed by atoms with Gasteiger partial charge in [-0.1, -0.05) is 36.4 Å². The van der Waals surface area contributed by atoms with E-state index >= 15 is 0 Å². The van der Waals surface area contributed by atoms with Crippen LogP contribution in [0.3, 0.4) is 0 Å². The first kappa shape index (κ1) is 19.0. The van der Waals surface area contributed by atoms with Gasteiger partial charge in [-0.05, 0) is 30.2 Å². The fraction of sp³-hybridized carbons (Fsp3) is 0.143. The van der Waals surface area contributed by atoms with Crippen molar-refractivity contribution in [2.24, 2.45) is 0 Å². The van der Waals surface area contributed by atoms with Crippen LogP contribution in [0.25, 0.3) is 0 Å². The van der Waals surface area contributed by atoms with E-state index in [2.05, 4.69) is 38.1 Å². The molecule has 0 aliphatic heterocycles. The van der Waals surface area contributed by atoms with Crippen molar-refractivity contribution in [1.82, 2.24) is 9.97 Å². The summed E-state index contributed by atoms with van der Waals surface area (Å²) in [4.78, 5) is 31.9. The molecule has 0 unspecified atom stereocenters. The number of carbonyl (C=O) groups is 2. The SMILES string of the molecule is CC(=O)Nc1cccc(NC(=O)c2cnc(NCCc3ccccc3)cn2)c1. The highest BCUT2D eigenvalue weighted by atomic mass is 16.2. The van der Waals surface area contributed by atoms with Crippen LogP contribution >= 0.6 is 0 Å². The molecule has 0 radical (unpaired) electrons. The predicted molar refractivity (Wildman–Crippen MR) is 109 cm³/mol. The second-order valence-corrected chi connectivity index (χ2v) is 6.17. The van der Waals surface area contributed by atoms with Gasteiger partial charge < -0.3 is 16.0 Å². The summed E-state index contributed by atoms with van der Waals surface area (Å²) in [6, 6.07) is 17.0. The number of hydrogen-bond acceptors (Lipinski definition) is 5. The van der Waals surface area contributed by atoms with Gasteiger partial charge in [-0.25, -0.2) is 9.97 Å². The molecule has 0 spiro atoms. The van der Waals surface area contributed by atoms with E-state index in [-0.39, 0.29) is 17.5 Å². The van der Waals surface area contributed by atoms with Crippen LogP contribution in [0.1, 0.15) is 23.0 Å². The molecule has 3 rings (SSSR count). The molecular weight excluding hydrogens is 354 g/mol. The van der Waals surface area contributed by atoms with Crippen molar-refractivity contribution in [2.45, 2.75) is 13.3 Å². The van der Waals surface area contributed by atoms with E-state index in [1.54, 1.807) is 24.3 Å². The molecule has 0 saturated carbocycles. The Balaban J connectivity index is 1.54. The lowest BCUT2D eigenvalue weighted by molar-refractivity contribution is -0.114. The maximum absolute atomic E-state index is 12.3. The Hall–Kier alpha value is -3.74. The molecule has 2 amide bonds. The van der Waals surface area contributed by atoms with Gasteiger partial charge in [-0.15, -0.1) is 0 Å². The molecular formula is C21H21N5O2. The van der Waals surface area contributed by atoms with E-state index < -0.39 is 0 Å². The summed E-state index contributed by atoms with van der Waals surface area (Å²) >= 11 is 0. The van der Waals surface area contributed by atoms with Crippen molar-refractivity contribution >= 4 is 29.0 Å². The highest BCUT2D eigenvalue weighted by Gasteiger charge is 2.09. The van der Waals surface area contributed by atoms with Crippen molar-refractivity contribution in [3.8, 4) is 0 Å². The standard InChI is InChI=1S/C21H21N5O2/c1-15(27)25-17-8-5-9-18(12-17)26-21(28)19-13-24-20(14-23-19)22-11-10-16-6-3-2-4-7-16/h2-9,12-14H,10-11H2,1H3,(H,22,24)(H,25,27)(H,26,28). The zero-order chi connectivity index (χ0) is 19.8. The lowest BCUT2D eigenvalue weighted by atomic mass is 10.1. The van der Waals surface area contributed by atoms with Crippen LogP contribution in [-0.4, -0.2) is 28.3 Å². The van der Waals surface area contributed by atoms with Crippen molar-refractivity contribution in [3.05, 3.63) is 78.2 Å². The molecule has 0 aliphatic rings. The van der Waals surface area contributed by atoms with Crippen LogP contribution in [0.2, 0.25) is 0 Å². The topological polar surface area (TPSA) is 96.0 Å². The predicted octanol–water partition coefficient (Wildman–Crippen LogP) is 3.34. The van der Waals surface area contributed by atoms with E-state index in [9.17, 15) is 9.59 Å². The summed E-state index contributed by atoms with van der Waals surface area (Å²) in [5.74, 6) is 0.0631. The van der Waals surface area contributed by atoms with Crippen molar-refractivity contribution in [1.29, 1.82) is 0 Å². The normalized spacial score (nSPS) is 10.2. The van der Waals surface area contributed by atoms with Gasteiger partial charge in [-0.2, -0.15) is 0 Å². The van der Waals surface area contributed by atoms with Gasteiger partial charge in [0.25, 0.3) is 5.91 Å². The van der Waals surface area contributed by atoms with E-state index in [0.29, 0.717) is 17.2 Å². The van der Waals surface area contributed by atoms with Crippen LogP contribution in [0, 0.1) is 0 Å². The third-order valence-electron chi connectivity index (χ3n) is 3.89. The van der Waals surface area contributed by atoms with Crippen LogP contribution < -0.4 is 16.0 Å². The number of aromatic nitrogens is 2. The summed E-state index contributed by atoms with van der Waals surface area (Å²) < 4.78 is 0. The van der Waals surface area contributed by atoms with Crippen LogP contribution in [0.15, 0.2) is 67.0 Å². The van der Waals surface area contributed by atoms with Gasteiger partial charge in [0.15, 0.2) is 0 Å². The Morgan fingerprint density at radius 1 is 0.893 bits per heavy atom. The van der Waals surface area contributed by atoms with Crippen molar-refractivity contribution < 1.29 is 9.59 Å². The van der Waals surface area contributed by atoms with Crippen LogP contribution in [-0.2, 0) is 11.2 Å². The van der Waals surface area contributed by atoms with Gasteiger partial charge in [0, 0.05) is 24.8 Å². The van der Waals surface area contributed by atoms with E-state index in [1.165, 1.54) is 24.9 Å². The smallest absolute Gasteiger partial charge is 0.275 e. The number of carbonyl (C=O) groups excluding carboxylic acids is 2. The highest BCUT2D eigenvalue weighted by Crippen LogP contribution is 2.16. The van der Waals surface area contributed by atoms with Crippen molar-refractivity contribution in [3.63, 3.8) is 0 Å². The molecule has 3 aromatic rings. The molecule has 3 N–H and O–H groups in total. The van der Waals surface area contributed by atoms with E-state index in [0.717, 1.165) is 13.0 Å². The average molecular weight is 375 g/mol. The molecule has 0 bridgehead atoms. The third kappa shape index (κ3) is 5.63. The minimum Gasteiger partial charge on any atom is -0.368 e. The Labute approximate surface area is 163 Å². The number of rotatable bonds is 7. The largest absolute Gasteiger partial charge is 0.368 e. The van der Waals surface area contributed by atoms with Gasteiger partial charge in [0.2, 0.25) is 5.91 Å². The number of hydrogen-bond donors (Lipinski definition) is 3. The molecule has 1 aromatic heterocycles. The first-order chi connectivity index (χ1) is 13.6. The molecule has 0 fully saturated rings. The molecule has 0 saturated heterocycles.